The summed E-state index contributed by atoms with van der Waals surface area (Å²) in [5.74, 6) is 1.62. The first-order valence-electron chi connectivity index (χ1n) is 7.18. The molecule has 0 fully saturated rings. The molecule has 0 saturated heterocycles. The van der Waals surface area contributed by atoms with Gasteiger partial charge in [-0.05, 0) is 41.0 Å². The molecule has 2 aromatic carbocycles. The summed E-state index contributed by atoms with van der Waals surface area (Å²) in [5.41, 5.74) is 6.02. The molecule has 3 aliphatic carbocycles. The first-order chi connectivity index (χ1) is 9.40. The van der Waals surface area contributed by atoms with Gasteiger partial charge in [0, 0.05) is 18.4 Å². The van der Waals surface area contributed by atoms with Gasteiger partial charge in [0.25, 0.3) is 0 Å². The molecule has 0 amide bonds. The molecule has 3 aliphatic rings. The summed E-state index contributed by atoms with van der Waals surface area (Å²) in [6, 6.07) is 17.8. The van der Waals surface area contributed by atoms with Crippen LogP contribution in [0.4, 0.5) is 0 Å². The number of aliphatic hydroxyl groups excluding tert-OH is 1. The molecule has 0 saturated carbocycles. The zero-order valence-corrected chi connectivity index (χ0v) is 10.9. The van der Waals surface area contributed by atoms with Crippen LogP contribution in [0.15, 0.2) is 48.5 Å². The monoisotopic (exact) mass is 250 g/mol. The van der Waals surface area contributed by atoms with Crippen molar-refractivity contribution in [2.24, 2.45) is 5.92 Å². The first kappa shape index (κ1) is 11.2. The van der Waals surface area contributed by atoms with E-state index in [9.17, 15) is 5.11 Å². The highest BCUT2D eigenvalue weighted by Gasteiger charge is 2.42. The Kier molecular flexibility index (Phi) is 2.49. The molecule has 1 atom stereocenters. The van der Waals surface area contributed by atoms with Gasteiger partial charge in [-0.25, -0.2) is 0 Å². The molecule has 1 N–H and O–H groups in total. The zero-order chi connectivity index (χ0) is 12.8. The molecule has 96 valence electrons. The van der Waals surface area contributed by atoms with E-state index < -0.39 is 0 Å². The minimum atomic E-state index is 0.304. The van der Waals surface area contributed by atoms with Gasteiger partial charge in [-0.15, -0.1) is 0 Å². The van der Waals surface area contributed by atoms with Crippen molar-refractivity contribution in [3.05, 3.63) is 70.8 Å². The van der Waals surface area contributed by atoms with Gasteiger partial charge < -0.3 is 5.11 Å². The summed E-state index contributed by atoms with van der Waals surface area (Å²) >= 11 is 0. The Hall–Kier alpha value is -1.60. The van der Waals surface area contributed by atoms with Crippen molar-refractivity contribution in [1.29, 1.82) is 0 Å². The summed E-state index contributed by atoms with van der Waals surface area (Å²) in [6.45, 7) is 0.304. The fourth-order valence-corrected chi connectivity index (χ4v) is 4.21. The third kappa shape index (κ3) is 1.51. The third-order valence-corrected chi connectivity index (χ3v) is 4.92. The summed E-state index contributed by atoms with van der Waals surface area (Å²) in [5, 5.41) is 9.34. The second-order valence-corrected chi connectivity index (χ2v) is 5.80. The zero-order valence-electron chi connectivity index (χ0n) is 10.9. The SMILES string of the molecule is OCC[C@H]1CC2c3ccccc3C1c1ccccc12. The van der Waals surface area contributed by atoms with Gasteiger partial charge in [-0.2, -0.15) is 0 Å². The molecule has 1 nitrogen and oxygen atoms in total. The summed E-state index contributed by atoms with van der Waals surface area (Å²) < 4.78 is 0. The van der Waals surface area contributed by atoms with E-state index in [-0.39, 0.29) is 0 Å². The lowest BCUT2D eigenvalue weighted by Gasteiger charge is -2.45. The molecule has 5 rings (SSSR count). The highest BCUT2D eigenvalue weighted by atomic mass is 16.3. The largest absolute Gasteiger partial charge is 0.396 e. The molecular formula is C18H18O. The Bertz CT molecular complexity index is 569. The van der Waals surface area contributed by atoms with Crippen LogP contribution in [0.25, 0.3) is 0 Å². The van der Waals surface area contributed by atoms with Gasteiger partial charge in [0.1, 0.15) is 0 Å². The Morgan fingerprint density at radius 3 is 1.89 bits per heavy atom. The molecule has 0 radical (unpaired) electrons. The molecule has 2 bridgehead atoms. The number of aliphatic hydroxyl groups is 1. The lowest BCUT2D eigenvalue weighted by Crippen LogP contribution is -2.32. The van der Waals surface area contributed by atoms with E-state index in [2.05, 4.69) is 48.5 Å². The van der Waals surface area contributed by atoms with Crippen molar-refractivity contribution in [2.45, 2.75) is 24.7 Å². The topological polar surface area (TPSA) is 20.2 Å². The van der Waals surface area contributed by atoms with Gasteiger partial charge in [0.15, 0.2) is 0 Å². The van der Waals surface area contributed by atoms with Gasteiger partial charge >= 0.3 is 0 Å². The summed E-state index contributed by atoms with van der Waals surface area (Å²) in [6.07, 6.45) is 2.11. The quantitative estimate of drug-likeness (QED) is 0.862. The molecule has 0 aromatic heterocycles. The van der Waals surface area contributed by atoms with Crippen molar-refractivity contribution in [2.75, 3.05) is 6.61 Å². The standard InChI is InChI=1S/C18H18O/c19-10-9-12-11-17-13-5-1-3-7-15(13)18(12)16-8-4-2-6-14(16)17/h1-8,12,17-19H,9-11H2/t12-,17?,18?/m0/s1. The molecular weight excluding hydrogens is 232 g/mol. The van der Waals surface area contributed by atoms with E-state index in [0.717, 1.165) is 6.42 Å². The third-order valence-electron chi connectivity index (χ3n) is 4.92. The fourth-order valence-electron chi connectivity index (χ4n) is 4.21. The number of fused-ring (bicyclic) bond motifs is 1. The molecule has 19 heavy (non-hydrogen) atoms. The maximum atomic E-state index is 9.34. The number of benzene rings is 2. The van der Waals surface area contributed by atoms with Crippen LogP contribution < -0.4 is 0 Å². The Morgan fingerprint density at radius 1 is 0.842 bits per heavy atom. The van der Waals surface area contributed by atoms with E-state index in [4.69, 9.17) is 0 Å². The predicted molar refractivity (Wildman–Crippen MR) is 76.4 cm³/mol. The van der Waals surface area contributed by atoms with Crippen molar-refractivity contribution >= 4 is 0 Å². The van der Waals surface area contributed by atoms with Gasteiger partial charge in [-0.1, -0.05) is 48.5 Å². The Balaban J connectivity index is 1.93. The second-order valence-electron chi connectivity index (χ2n) is 5.80. The van der Waals surface area contributed by atoms with Crippen LogP contribution >= 0.6 is 0 Å². The van der Waals surface area contributed by atoms with Crippen LogP contribution in [0.2, 0.25) is 0 Å². The lowest BCUT2D eigenvalue weighted by atomic mass is 9.58. The molecule has 0 heterocycles. The van der Waals surface area contributed by atoms with Gasteiger partial charge in [0.05, 0.1) is 0 Å². The predicted octanol–water partition coefficient (Wildman–Crippen LogP) is 3.67. The van der Waals surface area contributed by atoms with E-state index in [1.807, 2.05) is 0 Å². The average molecular weight is 250 g/mol. The van der Waals surface area contributed by atoms with E-state index in [1.54, 1.807) is 0 Å². The maximum Gasteiger partial charge on any atom is 0.0434 e. The fraction of sp³-hybridized carbons (Fsp3) is 0.333. The minimum absolute atomic E-state index is 0.304. The van der Waals surface area contributed by atoms with Crippen LogP contribution in [0.5, 0.6) is 0 Å². The summed E-state index contributed by atoms with van der Waals surface area (Å²) in [4.78, 5) is 0. The molecule has 0 spiro atoms. The number of hydrogen-bond donors (Lipinski definition) is 1. The number of rotatable bonds is 2. The molecule has 0 aliphatic heterocycles. The Labute approximate surface area is 113 Å². The Morgan fingerprint density at radius 2 is 1.37 bits per heavy atom. The van der Waals surface area contributed by atoms with Crippen LogP contribution in [-0.2, 0) is 0 Å². The number of hydrogen-bond acceptors (Lipinski definition) is 1. The van der Waals surface area contributed by atoms with Gasteiger partial charge in [0.2, 0.25) is 0 Å². The second kappa shape index (κ2) is 4.21. The maximum absolute atomic E-state index is 9.34. The first-order valence-corrected chi connectivity index (χ1v) is 7.18. The molecule has 1 heteroatoms. The molecule has 2 aromatic rings. The summed E-state index contributed by atoms with van der Waals surface area (Å²) in [7, 11) is 0. The van der Waals surface area contributed by atoms with Crippen LogP contribution in [-0.4, -0.2) is 11.7 Å². The van der Waals surface area contributed by atoms with Crippen molar-refractivity contribution in [3.8, 4) is 0 Å². The van der Waals surface area contributed by atoms with E-state index in [0.29, 0.717) is 24.4 Å². The normalized spacial score (nSPS) is 26.9. The van der Waals surface area contributed by atoms with Crippen LogP contribution in [0.3, 0.4) is 0 Å². The van der Waals surface area contributed by atoms with Crippen LogP contribution in [0, 0.1) is 5.92 Å². The smallest absolute Gasteiger partial charge is 0.0434 e. The highest BCUT2D eigenvalue weighted by Crippen LogP contribution is 2.55. The van der Waals surface area contributed by atoms with E-state index >= 15 is 0 Å². The van der Waals surface area contributed by atoms with Gasteiger partial charge in [-0.3, -0.25) is 0 Å². The van der Waals surface area contributed by atoms with Crippen molar-refractivity contribution < 1.29 is 5.11 Å². The molecule has 0 unspecified atom stereocenters. The van der Waals surface area contributed by atoms with Crippen LogP contribution in [0.1, 0.15) is 46.9 Å². The average Bonchev–Trinajstić information content (AvgIpc) is 2.48. The lowest BCUT2D eigenvalue weighted by molar-refractivity contribution is 0.227. The van der Waals surface area contributed by atoms with Crippen molar-refractivity contribution in [3.63, 3.8) is 0 Å². The minimum Gasteiger partial charge on any atom is -0.396 e. The highest BCUT2D eigenvalue weighted by molar-refractivity contribution is 5.55. The van der Waals surface area contributed by atoms with Crippen molar-refractivity contribution in [1.82, 2.24) is 0 Å². The van der Waals surface area contributed by atoms with E-state index in [1.165, 1.54) is 28.7 Å².